The van der Waals surface area contributed by atoms with Crippen LogP contribution in [0, 0.1) is 3.57 Å². The lowest BCUT2D eigenvalue weighted by molar-refractivity contribution is -0.0213. The molecular weight excluding hydrogens is 369 g/mol. The molecule has 0 N–H and O–H groups in total. The molecule has 1 heterocycles. The molecule has 0 aromatic heterocycles. The van der Waals surface area contributed by atoms with Crippen molar-refractivity contribution < 1.29 is 14.3 Å². The third-order valence-corrected chi connectivity index (χ3v) is 4.57. The molecule has 0 aliphatic carbocycles. The van der Waals surface area contributed by atoms with Crippen LogP contribution in [-0.2, 0) is 16.0 Å². The first kappa shape index (κ1) is 15.7. The maximum Gasteiger partial charge on any atom is 0.339 e. The number of esters is 1. The van der Waals surface area contributed by atoms with Gasteiger partial charge < -0.3 is 9.47 Å². The van der Waals surface area contributed by atoms with Gasteiger partial charge in [-0.15, -0.1) is 0 Å². The Morgan fingerprint density at radius 2 is 2.35 bits per heavy atom. The van der Waals surface area contributed by atoms with Crippen LogP contribution >= 0.6 is 22.6 Å². The largest absolute Gasteiger partial charge is 0.462 e. The molecule has 1 saturated heterocycles. The summed E-state index contributed by atoms with van der Waals surface area (Å²) in [6.07, 6.45) is 0.273. The van der Waals surface area contributed by atoms with Gasteiger partial charge in [-0.25, -0.2) is 4.79 Å². The van der Waals surface area contributed by atoms with Crippen molar-refractivity contribution in [1.82, 2.24) is 4.90 Å². The van der Waals surface area contributed by atoms with Crippen LogP contribution in [0.25, 0.3) is 0 Å². The Morgan fingerprint density at radius 3 is 3.05 bits per heavy atom. The number of ether oxygens (including phenoxy) is 2. The maximum absolute atomic E-state index is 11.9. The predicted octanol–water partition coefficient (Wildman–Crippen LogP) is 2.69. The zero-order chi connectivity index (χ0) is 14.5. The number of benzene rings is 1. The van der Waals surface area contributed by atoms with Gasteiger partial charge in [0, 0.05) is 23.2 Å². The summed E-state index contributed by atoms with van der Waals surface area (Å²) in [5.74, 6) is -0.242. The van der Waals surface area contributed by atoms with Gasteiger partial charge in [0.2, 0.25) is 0 Å². The van der Waals surface area contributed by atoms with E-state index in [1.54, 1.807) is 0 Å². The third kappa shape index (κ3) is 3.93. The molecule has 1 aliphatic rings. The van der Waals surface area contributed by atoms with Gasteiger partial charge in [-0.3, -0.25) is 4.90 Å². The summed E-state index contributed by atoms with van der Waals surface area (Å²) in [5.41, 5.74) is 1.83. The molecule has 1 atom stereocenters. The molecule has 1 aromatic rings. The van der Waals surface area contributed by atoms with E-state index in [0.29, 0.717) is 12.2 Å². The molecule has 110 valence electrons. The zero-order valence-electron chi connectivity index (χ0n) is 11.9. The van der Waals surface area contributed by atoms with Crippen LogP contribution in [0.5, 0.6) is 0 Å². The highest BCUT2D eigenvalue weighted by molar-refractivity contribution is 14.1. The fraction of sp³-hybridized carbons (Fsp3) is 0.533. The molecule has 1 aromatic carbocycles. The summed E-state index contributed by atoms with van der Waals surface area (Å²) >= 11 is 2.24. The summed E-state index contributed by atoms with van der Waals surface area (Å²) in [4.78, 5) is 14.3. The summed E-state index contributed by atoms with van der Waals surface area (Å²) in [5, 5.41) is 0. The van der Waals surface area contributed by atoms with Gasteiger partial charge in [0.25, 0.3) is 0 Å². The Hall–Kier alpha value is -0.660. The van der Waals surface area contributed by atoms with Crippen molar-refractivity contribution in [3.05, 3.63) is 32.9 Å². The van der Waals surface area contributed by atoms with E-state index in [1.807, 2.05) is 19.1 Å². The van der Waals surface area contributed by atoms with Gasteiger partial charge in [0.05, 0.1) is 24.9 Å². The van der Waals surface area contributed by atoms with Crippen LogP contribution in [0.4, 0.5) is 0 Å². The average molecular weight is 389 g/mol. The Morgan fingerprint density at radius 1 is 1.55 bits per heavy atom. The van der Waals surface area contributed by atoms with Crippen LogP contribution in [0.2, 0.25) is 0 Å². The van der Waals surface area contributed by atoms with E-state index in [-0.39, 0.29) is 12.1 Å². The van der Waals surface area contributed by atoms with Crippen LogP contribution in [-0.4, -0.2) is 43.3 Å². The van der Waals surface area contributed by atoms with E-state index in [0.717, 1.165) is 29.8 Å². The lowest BCUT2D eigenvalue weighted by Crippen LogP contribution is -2.40. The smallest absolute Gasteiger partial charge is 0.339 e. The standard InChI is InChI=1S/C15H20INO3/c1-3-19-15(18)13-6-4-5-12(14(13)16)10-17-7-8-20-11(2)9-17/h4-6,11H,3,7-10H2,1-2H3. The van der Waals surface area contributed by atoms with Gasteiger partial charge >= 0.3 is 5.97 Å². The summed E-state index contributed by atoms with van der Waals surface area (Å²) in [6.45, 7) is 7.80. The first-order chi connectivity index (χ1) is 9.61. The molecule has 0 radical (unpaired) electrons. The lowest BCUT2D eigenvalue weighted by atomic mass is 10.1. The van der Waals surface area contributed by atoms with Crippen LogP contribution in [0.3, 0.4) is 0 Å². The highest BCUT2D eigenvalue weighted by atomic mass is 127. The minimum absolute atomic E-state index is 0.242. The van der Waals surface area contributed by atoms with E-state index in [2.05, 4.69) is 40.5 Å². The average Bonchev–Trinajstić information content (AvgIpc) is 2.41. The van der Waals surface area contributed by atoms with Gasteiger partial charge in [-0.05, 0) is 48.1 Å². The number of hydrogen-bond donors (Lipinski definition) is 0. The molecule has 5 heteroatoms. The fourth-order valence-corrected chi connectivity index (χ4v) is 3.09. The SMILES string of the molecule is CCOC(=O)c1cccc(CN2CCOC(C)C2)c1I. The highest BCUT2D eigenvalue weighted by Gasteiger charge is 2.19. The zero-order valence-corrected chi connectivity index (χ0v) is 14.1. The van der Waals surface area contributed by atoms with Crippen molar-refractivity contribution in [2.75, 3.05) is 26.3 Å². The first-order valence-corrected chi connectivity index (χ1v) is 7.98. The van der Waals surface area contributed by atoms with Crippen molar-refractivity contribution in [3.63, 3.8) is 0 Å². The second kappa shape index (κ2) is 7.38. The summed E-state index contributed by atoms with van der Waals surface area (Å²) in [6, 6.07) is 5.82. The molecule has 4 nitrogen and oxygen atoms in total. The first-order valence-electron chi connectivity index (χ1n) is 6.90. The van der Waals surface area contributed by atoms with E-state index >= 15 is 0 Å². The fourth-order valence-electron chi connectivity index (χ4n) is 2.34. The maximum atomic E-state index is 11.9. The minimum atomic E-state index is -0.242. The second-order valence-electron chi connectivity index (χ2n) is 4.92. The number of hydrogen-bond acceptors (Lipinski definition) is 4. The van der Waals surface area contributed by atoms with Gasteiger partial charge in [-0.1, -0.05) is 12.1 Å². The van der Waals surface area contributed by atoms with E-state index in [9.17, 15) is 4.79 Å². The Labute approximate surface area is 133 Å². The second-order valence-corrected chi connectivity index (χ2v) is 5.99. The molecule has 1 aliphatic heterocycles. The molecule has 0 saturated carbocycles. The Balaban J connectivity index is 2.12. The Kier molecular flexibility index (Phi) is 5.80. The van der Waals surface area contributed by atoms with E-state index < -0.39 is 0 Å². The molecule has 1 fully saturated rings. The van der Waals surface area contributed by atoms with Crippen LogP contribution < -0.4 is 0 Å². The number of carbonyl (C=O) groups excluding carboxylic acids is 1. The number of halogens is 1. The summed E-state index contributed by atoms with van der Waals surface area (Å²) < 4.78 is 11.6. The van der Waals surface area contributed by atoms with E-state index in [4.69, 9.17) is 9.47 Å². The Bertz CT molecular complexity index is 478. The lowest BCUT2D eigenvalue weighted by Gasteiger charge is -2.31. The van der Waals surface area contributed by atoms with Crippen molar-refractivity contribution in [2.24, 2.45) is 0 Å². The monoisotopic (exact) mass is 389 g/mol. The van der Waals surface area contributed by atoms with Crippen molar-refractivity contribution in [3.8, 4) is 0 Å². The highest BCUT2D eigenvalue weighted by Crippen LogP contribution is 2.21. The molecule has 2 rings (SSSR count). The van der Waals surface area contributed by atoms with Crippen molar-refractivity contribution >= 4 is 28.6 Å². The van der Waals surface area contributed by atoms with Crippen molar-refractivity contribution in [1.29, 1.82) is 0 Å². The van der Waals surface area contributed by atoms with E-state index in [1.165, 1.54) is 5.56 Å². The molecule has 1 unspecified atom stereocenters. The summed E-state index contributed by atoms with van der Waals surface area (Å²) in [7, 11) is 0. The number of nitrogens with zero attached hydrogens (tertiary/aromatic N) is 1. The van der Waals surface area contributed by atoms with Gasteiger partial charge in [0.15, 0.2) is 0 Å². The minimum Gasteiger partial charge on any atom is -0.462 e. The number of carbonyl (C=O) groups is 1. The van der Waals surface area contributed by atoms with Gasteiger partial charge in [-0.2, -0.15) is 0 Å². The molecular formula is C15H20INO3. The van der Waals surface area contributed by atoms with Crippen molar-refractivity contribution in [2.45, 2.75) is 26.5 Å². The molecule has 0 amide bonds. The molecule has 0 bridgehead atoms. The molecule has 0 spiro atoms. The topological polar surface area (TPSA) is 38.8 Å². The number of morpholine rings is 1. The predicted molar refractivity (Wildman–Crippen MR) is 85.8 cm³/mol. The molecule has 20 heavy (non-hydrogen) atoms. The van der Waals surface area contributed by atoms with Gasteiger partial charge in [0.1, 0.15) is 0 Å². The van der Waals surface area contributed by atoms with Crippen LogP contribution in [0.1, 0.15) is 29.8 Å². The van der Waals surface area contributed by atoms with Crippen LogP contribution in [0.15, 0.2) is 18.2 Å². The quantitative estimate of drug-likeness (QED) is 0.587. The third-order valence-electron chi connectivity index (χ3n) is 3.29. The normalized spacial score (nSPS) is 19.9. The number of rotatable bonds is 4.